The minimum Gasteiger partial charge on any atom is -0.437 e. The van der Waals surface area contributed by atoms with Crippen LogP contribution in [0, 0.1) is 0 Å². The van der Waals surface area contributed by atoms with Gasteiger partial charge in [-0.3, -0.25) is 4.79 Å². The molecule has 0 bridgehead atoms. The third-order valence-corrected chi connectivity index (χ3v) is 3.02. The van der Waals surface area contributed by atoms with Crippen LogP contribution in [0.15, 0.2) is 34.8 Å². The third-order valence-electron chi connectivity index (χ3n) is 3.02. The maximum Gasteiger partial charge on any atom is 0.244 e. The molecule has 4 heteroatoms. The minimum atomic E-state index is -0.115. The Morgan fingerprint density at radius 2 is 2.11 bits per heavy atom. The number of aromatic nitrogens is 1. The number of carbonyl (C=O) groups is 1. The number of amides is 1. The summed E-state index contributed by atoms with van der Waals surface area (Å²) in [5, 5.41) is 2.93. The molecule has 4 nitrogen and oxygen atoms in total. The van der Waals surface area contributed by atoms with E-state index in [0.717, 1.165) is 23.9 Å². The Labute approximate surface area is 112 Å². The first kappa shape index (κ1) is 13.3. The first-order valence-electron chi connectivity index (χ1n) is 6.57. The average molecular weight is 258 g/mol. The summed E-state index contributed by atoms with van der Waals surface area (Å²) in [6.07, 6.45) is 4.92. The average Bonchev–Trinajstić information content (AvgIpc) is 2.85. The lowest BCUT2D eigenvalue weighted by Crippen LogP contribution is -2.32. The van der Waals surface area contributed by atoms with E-state index in [1.54, 1.807) is 6.08 Å². The number of rotatable bonds is 5. The van der Waals surface area contributed by atoms with Crippen molar-refractivity contribution in [2.75, 3.05) is 0 Å². The van der Waals surface area contributed by atoms with Crippen molar-refractivity contribution in [1.82, 2.24) is 10.3 Å². The van der Waals surface area contributed by atoms with Gasteiger partial charge in [-0.2, -0.15) is 0 Å². The highest BCUT2D eigenvalue weighted by Gasteiger charge is 2.06. The summed E-state index contributed by atoms with van der Waals surface area (Å²) in [5.41, 5.74) is 1.52. The minimum absolute atomic E-state index is 0.115. The van der Waals surface area contributed by atoms with E-state index in [1.165, 1.54) is 6.08 Å². The molecule has 1 aromatic heterocycles. The molecule has 0 saturated heterocycles. The van der Waals surface area contributed by atoms with Crippen molar-refractivity contribution in [3.63, 3.8) is 0 Å². The van der Waals surface area contributed by atoms with Gasteiger partial charge in [-0.05, 0) is 25.0 Å². The number of oxazole rings is 1. The third kappa shape index (κ3) is 3.44. The standard InChI is InChI=1S/C15H18N2O2/c1-3-11(4-2)16-14(18)9-10-15-17-12-7-5-6-8-13(12)19-15/h5-11H,3-4H2,1-2H3,(H,16,18)/b10-9+. The number of carbonyl (C=O) groups excluding carboxylic acids is 1. The van der Waals surface area contributed by atoms with Crippen molar-refractivity contribution in [3.05, 3.63) is 36.2 Å². The fraction of sp³-hybridized carbons (Fsp3) is 0.333. The van der Waals surface area contributed by atoms with E-state index in [-0.39, 0.29) is 11.9 Å². The molecule has 2 rings (SSSR count). The lowest BCUT2D eigenvalue weighted by Gasteiger charge is -2.12. The molecule has 0 saturated carbocycles. The lowest BCUT2D eigenvalue weighted by molar-refractivity contribution is -0.117. The number of nitrogens with zero attached hydrogens (tertiary/aromatic N) is 1. The number of nitrogens with one attached hydrogen (secondary N) is 1. The van der Waals surface area contributed by atoms with E-state index < -0.39 is 0 Å². The van der Waals surface area contributed by atoms with Crippen molar-refractivity contribution < 1.29 is 9.21 Å². The molecule has 1 heterocycles. The second-order valence-electron chi connectivity index (χ2n) is 4.38. The first-order valence-corrected chi connectivity index (χ1v) is 6.57. The Morgan fingerprint density at radius 1 is 1.37 bits per heavy atom. The van der Waals surface area contributed by atoms with Crippen LogP contribution in [0.1, 0.15) is 32.6 Å². The fourth-order valence-corrected chi connectivity index (χ4v) is 1.85. The normalized spacial score (nSPS) is 11.5. The second kappa shape index (κ2) is 6.18. The SMILES string of the molecule is CCC(CC)NC(=O)/C=C/c1nc2ccccc2o1. The highest BCUT2D eigenvalue weighted by atomic mass is 16.3. The Kier molecular flexibility index (Phi) is 4.34. The Bertz CT molecular complexity index is 550. The van der Waals surface area contributed by atoms with Crippen molar-refractivity contribution in [2.45, 2.75) is 32.7 Å². The molecule has 1 N–H and O–H groups in total. The first-order chi connectivity index (χ1) is 9.22. The van der Waals surface area contributed by atoms with Gasteiger partial charge in [0, 0.05) is 18.2 Å². The zero-order valence-corrected chi connectivity index (χ0v) is 11.2. The van der Waals surface area contributed by atoms with Gasteiger partial charge in [-0.1, -0.05) is 26.0 Å². The molecular formula is C15H18N2O2. The molecule has 0 aliphatic carbocycles. The maximum atomic E-state index is 11.7. The summed E-state index contributed by atoms with van der Waals surface area (Å²) < 4.78 is 5.50. The molecule has 0 spiro atoms. The summed E-state index contributed by atoms with van der Waals surface area (Å²) >= 11 is 0. The highest BCUT2D eigenvalue weighted by molar-refractivity contribution is 5.91. The number of hydrogen-bond donors (Lipinski definition) is 1. The molecule has 0 radical (unpaired) electrons. The van der Waals surface area contributed by atoms with Crippen LogP contribution >= 0.6 is 0 Å². The molecule has 100 valence electrons. The number of para-hydroxylation sites is 2. The van der Waals surface area contributed by atoms with Gasteiger partial charge < -0.3 is 9.73 Å². The molecule has 0 atom stereocenters. The number of benzene rings is 1. The van der Waals surface area contributed by atoms with Gasteiger partial charge in [-0.15, -0.1) is 0 Å². The van der Waals surface area contributed by atoms with Gasteiger partial charge in [0.25, 0.3) is 0 Å². The van der Waals surface area contributed by atoms with Gasteiger partial charge in [0.05, 0.1) is 0 Å². The van der Waals surface area contributed by atoms with Gasteiger partial charge >= 0.3 is 0 Å². The van der Waals surface area contributed by atoms with Gasteiger partial charge in [0.15, 0.2) is 5.58 Å². The monoisotopic (exact) mass is 258 g/mol. The molecule has 19 heavy (non-hydrogen) atoms. The van der Waals surface area contributed by atoms with E-state index in [4.69, 9.17) is 4.42 Å². The molecular weight excluding hydrogens is 240 g/mol. The topological polar surface area (TPSA) is 55.1 Å². The molecule has 0 aliphatic heterocycles. The van der Waals surface area contributed by atoms with Crippen LogP contribution in [0.5, 0.6) is 0 Å². The van der Waals surface area contributed by atoms with Crippen LogP contribution < -0.4 is 5.32 Å². The van der Waals surface area contributed by atoms with Crippen LogP contribution in [0.25, 0.3) is 17.2 Å². The zero-order valence-electron chi connectivity index (χ0n) is 11.2. The number of hydrogen-bond acceptors (Lipinski definition) is 3. The van der Waals surface area contributed by atoms with E-state index in [2.05, 4.69) is 24.1 Å². The maximum absolute atomic E-state index is 11.7. The van der Waals surface area contributed by atoms with Crippen molar-refractivity contribution in [2.24, 2.45) is 0 Å². The summed E-state index contributed by atoms with van der Waals surface area (Å²) in [4.78, 5) is 16.0. The summed E-state index contributed by atoms with van der Waals surface area (Å²) in [6.45, 7) is 4.11. The van der Waals surface area contributed by atoms with Crippen LogP contribution in [0.2, 0.25) is 0 Å². The fourth-order valence-electron chi connectivity index (χ4n) is 1.85. The Balaban J connectivity index is 2.03. The van der Waals surface area contributed by atoms with E-state index in [1.807, 2.05) is 24.3 Å². The molecule has 0 aliphatic rings. The van der Waals surface area contributed by atoms with Crippen molar-refractivity contribution >= 4 is 23.1 Å². The smallest absolute Gasteiger partial charge is 0.244 e. The zero-order chi connectivity index (χ0) is 13.7. The van der Waals surface area contributed by atoms with Crippen LogP contribution in [-0.2, 0) is 4.79 Å². The molecule has 1 amide bonds. The predicted molar refractivity (Wildman–Crippen MR) is 75.6 cm³/mol. The summed E-state index contributed by atoms with van der Waals surface area (Å²) in [7, 11) is 0. The van der Waals surface area contributed by atoms with Crippen LogP contribution in [0.4, 0.5) is 0 Å². The largest absolute Gasteiger partial charge is 0.437 e. The molecule has 0 fully saturated rings. The van der Waals surface area contributed by atoms with E-state index in [0.29, 0.717) is 5.89 Å². The lowest BCUT2D eigenvalue weighted by atomic mass is 10.2. The summed E-state index contributed by atoms with van der Waals surface area (Å²) in [5.74, 6) is 0.330. The van der Waals surface area contributed by atoms with Gasteiger partial charge in [-0.25, -0.2) is 4.98 Å². The quantitative estimate of drug-likeness (QED) is 0.838. The van der Waals surface area contributed by atoms with Crippen molar-refractivity contribution in [1.29, 1.82) is 0 Å². The molecule has 0 unspecified atom stereocenters. The van der Waals surface area contributed by atoms with Crippen LogP contribution in [0.3, 0.4) is 0 Å². The summed E-state index contributed by atoms with van der Waals surface area (Å²) in [6, 6.07) is 7.74. The Hall–Kier alpha value is -2.10. The highest BCUT2D eigenvalue weighted by Crippen LogP contribution is 2.15. The van der Waals surface area contributed by atoms with Gasteiger partial charge in [0.1, 0.15) is 5.52 Å². The Morgan fingerprint density at radius 3 is 2.79 bits per heavy atom. The second-order valence-corrected chi connectivity index (χ2v) is 4.38. The predicted octanol–water partition coefficient (Wildman–Crippen LogP) is 3.15. The van der Waals surface area contributed by atoms with Crippen LogP contribution in [-0.4, -0.2) is 16.9 Å². The van der Waals surface area contributed by atoms with Gasteiger partial charge in [0.2, 0.25) is 11.8 Å². The van der Waals surface area contributed by atoms with E-state index >= 15 is 0 Å². The van der Waals surface area contributed by atoms with Crippen molar-refractivity contribution in [3.8, 4) is 0 Å². The molecule has 1 aromatic carbocycles. The van der Waals surface area contributed by atoms with E-state index in [9.17, 15) is 4.79 Å². The molecule has 2 aromatic rings. The number of fused-ring (bicyclic) bond motifs is 1.